The molecule has 3 heterocycles. The molecule has 0 saturated heterocycles. The van der Waals surface area contributed by atoms with E-state index in [0.717, 1.165) is 0 Å². The predicted molar refractivity (Wildman–Crippen MR) is 100 cm³/mol. The van der Waals surface area contributed by atoms with E-state index < -0.39 is 5.56 Å². The van der Waals surface area contributed by atoms with Crippen LogP contribution in [-0.2, 0) is 23.1 Å². The fraction of sp³-hybridized carbons (Fsp3) is 0.235. The topological polar surface area (TPSA) is 172 Å². The van der Waals surface area contributed by atoms with Gasteiger partial charge in [-0.3, -0.25) is 19.1 Å². The lowest BCUT2D eigenvalue weighted by Gasteiger charge is -2.06. The SMILES string of the molecule is CNC(=O)Cc1nc(-c2cc(C#N)c(=O)[nH]c2C)n(-c2cnn(C)c2)n1.O=CO. The second-order valence-corrected chi connectivity index (χ2v) is 5.75. The lowest BCUT2D eigenvalue weighted by Crippen LogP contribution is -2.20. The summed E-state index contributed by atoms with van der Waals surface area (Å²) in [5.74, 6) is 0.491. The molecule has 0 aromatic carbocycles. The van der Waals surface area contributed by atoms with Crippen molar-refractivity contribution in [2.75, 3.05) is 7.05 Å². The van der Waals surface area contributed by atoms with E-state index in [-0.39, 0.29) is 24.4 Å². The molecular weight excluding hydrogens is 380 g/mol. The minimum Gasteiger partial charge on any atom is -0.483 e. The second kappa shape index (κ2) is 9.09. The normalized spacial score (nSPS) is 9.86. The maximum absolute atomic E-state index is 11.8. The first-order valence-corrected chi connectivity index (χ1v) is 8.22. The lowest BCUT2D eigenvalue weighted by molar-refractivity contribution is -0.123. The smallest absolute Gasteiger partial charge is 0.290 e. The molecule has 0 aliphatic heterocycles. The van der Waals surface area contributed by atoms with Crippen LogP contribution >= 0.6 is 0 Å². The van der Waals surface area contributed by atoms with Crippen molar-refractivity contribution in [3.8, 4) is 23.1 Å². The molecule has 12 heteroatoms. The van der Waals surface area contributed by atoms with Gasteiger partial charge in [0.05, 0.1) is 18.8 Å². The van der Waals surface area contributed by atoms with Gasteiger partial charge in [0.1, 0.15) is 17.3 Å². The Bertz CT molecular complexity index is 1140. The fourth-order valence-corrected chi connectivity index (χ4v) is 2.47. The van der Waals surface area contributed by atoms with Crippen LogP contribution in [0.2, 0.25) is 0 Å². The number of H-pyrrole nitrogens is 1. The number of hydrogen-bond donors (Lipinski definition) is 3. The van der Waals surface area contributed by atoms with Crippen molar-refractivity contribution in [2.24, 2.45) is 7.05 Å². The fourth-order valence-electron chi connectivity index (χ4n) is 2.47. The van der Waals surface area contributed by atoms with Gasteiger partial charge in [-0.2, -0.15) is 15.5 Å². The van der Waals surface area contributed by atoms with Crippen LogP contribution in [0.4, 0.5) is 0 Å². The van der Waals surface area contributed by atoms with Gasteiger partial charge in [-0.15, -0.1) is 0 Å². The van der Waals surface area contributed by atoms with Crippen LogP contribution in [0.5, 0.6) is 0 Å². The molecule has 3 aromatic heterocycles. The second-order valence-electron chi connectivity index (χ2n) is 5.75. The van der Waals surface area contributed by atoms with Gasteiger partial charge in [0, 0.05) is 25.4 Å². The molecule has 0 atom stereocenters. The Balaban J connectivity index is 0.000000941. The first-order valence-electron chi connectivity index (χ1n) is 8.22. The zero-order chi connectivity index (χ0) is 21.6. The van der Waals surface area contributed by atoms with Crippen molar-refractivity contribution in [3.63, 3.8) is 0 Å². The highest BCUT2D eigenvalue weighted by Gasteiger charge is 2.19. The van der Waals surface area contributed by atoms with Crippen LogP contribution in [0, 0.1) is 18.3 Å². The van der Waals surface area contributed by atoms with Crippen LogP contribution in [0.3, 0.4) is 0 Å². The number of likely N-dealkylation sites (N-methyl/N-ethyl adjacent to an activating group) is 1. The third-order valence-corrected chi connectivity index (χ3v) is 3.78. The molecule has 0 bridgehead atoms. The Morgan fingerprint density at radius 2 is 2.17 bits per heavy atom. The van der Waals surface area contributed by atoms with E-state index >= 15 is 0 Å². The molecule has 0 fully saturated rings. The van der Waals surface area contributed by atoms with E-state index in [4.69, 9.17) is 15.2 Å². The van der Waals surface area contributed by atoms with Crippen molar-refractivity contribution >= 4 is 12.4 Å². The molecule has 3 rings (SSSR count). The van der Waals surface area contributed by atoms with E-state index in [1.165, 1.54) is 17.8 Å². The Kier molecular flexibility index (Phi) is 6.59. The number of aromatic nitrogens is 6. The van der Waals surface area contributed by atoms with E-state index in [2.05, 4.69) is 25.5 Å². The third-order valence-electron chi connectivity index (χ3n) is 3.78. The average Bonchev–Trinajstić information content (AvgIpc) is 3.28. The number of aryl methyl sites for hydroxylation is 2. The summed E-state index contributed by atoms with van der Waals surface area (Å²) in [5, 5.41) is 27.1. The van der Waals surface area contributed by atoms with Crippen molar-refractivity contribution in [2.45, 2.75) is 13.3 Å². The number of pyridine rings is 1. The molecule has 29 heavy (non-hydrogen) atoms. The van der Waals surface area contributed by atoms with Gasteiger partial charge in [0.2, 0.25) is 5.91 Å². The van der Waals surface area contributed by atoms with Gasteiger partial charge in [-0.1, -0.05) is 0 Å². The monoisotopic (exact) mass is 398 g/mol. The maximum atomic E-state index is 11.8. The summed E-state index contributed by atoms with van der Waals surface area (Å²) in [6.45, 7) is 1.46. The van der Waals surface area contributed by atoms with E-state index in [1.54, 1.807) is 31.0 Å². The average molecular weight is 398 g/mol. The molecule has 0 saturated carbocycles. The largest absolute Gasteiger partial charge is 0.483 e. The van der Waals surface area contributed by atoms with Crippen molar-refractivity contribution in [3.05, 3.63) is 45.9 Å². The number of aromatic amines is 1. The highest BCUT2D eigenvalue weighted by molar-refractivity contribution is 5.77. The number of carbonyl (C=O) groups excluding carboxylic acids is 1. The first-order chi connectivity index (χ1) is 13.8. The van der Waals surface area contributed by atoms with E-state index in [9.17, 15) is 9.59 Å². The van der Waals surface area contributed by atoms with Crippen LogP contribution in [0.1, 0.15) is 17.1 Å². The zero-order valence-corrected chi connectivity index (χ0v) is 15.9. The molecule has 1 amide bonds. The van der Waals surface area contributed by atoms with Crippen LogP contribution in [-0.4, -0.2) is 54.1 Å². The summed E-state index contributed by atoms with van der Waals surface area (Å²) in [6.07, 6.45) is 3.35. The first kappa shape index (κ1) is 21.0. The number of hydrogen-bond acceptors (Lipinski definition) is 7. The molecule has 0 spiro atoms. The Morgan fingerprint density at radius 1 is 1.48 bits per heavy atom. The number of carboxylic acid groups (broad SMARTS) is 1. The minimum atomic E-state index is -0.466. The molecular formula is C17H18N8O4. The predicted octanol–water partition coefficient (Wildman–Crippen LogP) is -0.474. The van der Waals surface area contributed by atoms with Gasteiger partial charge in [0.25, 0.3) is 12.0 Å². The van der Waals surface area contributed by atoms with E-state index in [1.807, 2.05) is 6.07 Å². The maximum Gasteiger partial charge on any atom is 0.290 e. The quantitative estimate of drug-likeness (QED) is 0.495. The molecule has 150 valence electrons. The number of carbonyl (C=O) groups is 2. The van der Waals surface area contributed by atoms with E-state index in [0.29, 0.717) is 28.6 Å². The number of nitriles is 1. The van der Waals surface area contributed by atoms with Crippen LogP contribution in [0.25, 0.3) is 17.1 Å². The number of amides is 1. The molecule has 3 aromatic rings. The molecule has 0 unspecified atom stereocenters. The van der Waals surface area contributed by atoms with Crippen LogP contribution < -0.4 is 10.9 Å². The highest BCUT2D eigenvalue weighted by atomic mass is 16.3. The summed E-state index contributed by atoms with van der Waals surface area (Å²) >= 11 is 0. The summed E-state index contributed by atoms with van der Waals surface area (Å²) < 4.78 is 3.15. The number of nitrogens with one attached hydrogen (secondary N) is 2. The molecule has 12 nitrogen and oxygen atoms in total. The highest BCUT2D eigenvalue weighted by Crippen LogP contribution is 2.23. The van der Waals surface area contributed by atoms with Gasteiger partial charge < -0.3 is 15.4 Å². The van der Waals surface area contributed by atoms with Crippen molar-refractivity contribution < 1.29 is 14.7 Å². The van der Waals surface area contributed by atoms with Crippen molar-refractivity contribution in [1.82, 2.24) is 34.8 Å². The lowest BCUT2D eigenvalue weighted by atomic mass is 10.1. The Morgan fingerprint density at radius 3 is 2.72 bits per heavy atom. The van der Waals surface area contributed by atoms with Crippen LogP contribution in [0.15, 0.2) is 23.3 Å². The summed E-state index contributed by atoms with van der Waals surface area (Å²) in [7, 11) is 3.30. The third kappa shape index (κ3) is 4.72. The van der Waals surface area contributed by atoms with Gasteiger partial charge in [-0.25, -0.2) is 9.67 Å². The standard InChI is InChI=1S/C16H16N8O2.CH2O2/c1-9-12(4-10(6-17)16(26)20-9)15-21-13(5-14(25)18-2)22-24(15)11-7-19-23(3)8-11;2-1-3/h4,7-8H,5H2,1-3H3,(H,18,25)(H,20,26);1H,(H,2,3). The Labute approximate surface area is 164 Å². The molecule has 3 N–H and O–H groups in total. The summed E-state index contributed by atoms with van der Waals surface area (Å²) in [5.41, 5.74) is 1.23. The number of rotatable bonds is 4. The van der Waals surface area contributed by atoms with Gasteiger partial charge in [-0.05, 0) is 13.0 Å². The minimum absolute atomic E-state index is 0.00424. The molecule has 0 aliphatic rings. The van der Waals surface area contributed by atoms with Crippen molar-refractivity contribution in [1.29, 1.82) is 5.26 Å². The molecule has 0 aliphatic carbocycles. The summed E-state index contributed by atoms with van der Waals surface area (Å²) in [4.78, 5) is 38.9. The Hall–Kier alpha value is -4.27. The van der Waals surface area contributed by atoms with Gasteiger partial charge >= 0.3 is 0 Å². The molecule has 0 radical (unpaired) electrons. The number of nitrogens with zero attached hydrogens (tertiary/aromatic N) is 6. The van der Waals surface area contributed by atoms with Gasteiger partial charge in [0.15, 0.2) is 11.6 Å². The zero-order valence-electron chi connectivity index (χ0n) is 15.9. The summed E-state index contributed by atoms with van der Waals surface area (Å²) in [6, 6.07) is 3.33.